The summed E-state index contributed by atoms with van der Waals surface area (Å²) in [7, 11) is 0. The number of carboxylic acid groups (broad SMARTS) is 1. The Morgan fingerprint density at radius 3 is 2.42 bits per heavy atom. The van der Waals surface area contributed by atoms with Crippen LogP contribution in [-0.2, 0) is 18.4 Å². The van der Waals surface area contributed by atoms with Crippen LogP contribution in [0.15, 0.2) is 23.1 Å². The second-order valence-corrected chi connectivity index (χ2v) is 9.26. The summed E-state index contributed by atoms with van der Waals surface area (Å²) in [5.74, 6) is -2.14. The smallest absolute Gasteiger partial charge is 0.417 e. The molecular formula is C22H24F2N4O5. The summed E-state index contributed by atoms with van der Waals surface area (Å²) in [5, 5.41) is 21.0. The number of hydrogen-bond donors (Lipinski definition) is 1. The molecule has 0 fully saturated rings. The molecule has 0 amide bonds. The first-order valence-electron chi connectivity index (χ1n) is 10.2. The first-order chi connectivity index (χ1) is 15.3. The molecule has 0 radical (unpaired) electrons. The molecule has 0 unspecified atom stereocenters. The van der Waals surface area contributed by atoms with Crippen molar-refractivity contribution in [3.63, 3.8) is 0 Å². The van der Waals surface area contributed by atoms with E-state index in [0.29, 0.717) is 4.57 Å². The maximum absolute atomic E-state index is 15.6. The molecule has 0 saturated carbocycles. The fourth-order valence-electron chi connectivity index (χ4n) is 3.85. The van der Waals surface area contributed by atoms with E-state index >= 15 is 8.78 Å². The highest BCUT2D eigenvalue weighted by Crippen LogP contribution is 2.37. The molecule has 0 saturated heterocycles. The normalized spacial score (nSPS) is 12.0. The lowest BCUT2D eigenvalue weighted by molar-refractivity contribution is -0.386. The van der Waals surface area contributed by atoms with Crippen LogP contribution in [0, 0.1) is 27.7 Å². The van der Waals surface area contributed by atoms with Gasteiger partial charge in [-0.15, -0.1) is 0 Å². The van der Waals surface area contributed by atoms with Crippen molar-refractivity contribution < 1.29 is 23.6 Å². The van der Waals surface area contributed by atoms with Crippen molar-refractivity contribution in [2.75, 3.05) is 0 Å². The van der Waals surface area contributed by atoms with E-state index in [1.165, 1.54) is 12.3 Å². The lowest BCUT2D eigenvalue weighted by Crippen LogP contribution is -2.25. The predicted molar refractivity (Wildman–Crippen MR) is 117 cm³/mol. The number of fused-ring (bicyclic) bond motifs is 1. The number of rotatable bonds is 5. The topological polar surface area (TPSA) is 120 Å². The molecule has 0 aliphatic heterocycles. The van der Waals surface area contributed by atoms with Crippen LogP contribution in [0.5, 0.6) is 0 Å². The van der Waals surface area contributed by atoms with Crippen molar-refractivity contribution in [3.8, 4) is 0 Å². The van der Waals surface area contributed by atoms with Crippen molar-refractivity contribution in [2.24, 2.45) is 5.92 Å². The summed E-state index contributed by atoms with van der Waals surface area (Å²) in [4.78, 5) is 39.0. The summed E-state index contributed by atoms with van der Waals surface area (Å²) in [6.07, 6.45) is -0.168. The largest absolute Gasteiger partial charge is 0.464 e. The molecular weight excluding hydrogens is 438 g/mol. The number of halogens is 2. The van der Waals surface area contributed by atoms with Gasteiger partial charge < -0.3 is 9.67 Å². The van der Waals surface area contributed by atoms with Gasteiger partial charge in [0.15, 0.2) is 5.82 Å². The van der Waals surface area contributed by atoms with E-state index in [1.807, 2.05) is 13.8 Å². The Labute approximate surface area is 187 Å². The van der Waals surface area contributed by atoms with Gasteiger partial charge in [0.2, 0.25) is 0 Å². The highest BCUT2D eigenvalue weighted by molar-refractivity contribution is 5.90. The van der Waals surface area contributed by atoms with E-state index in [1.54, 1.807) is 20.8 Å². The van der Waals surface area contributed by atoms with E-state index in [-0.39, 0.29) is 34.8 Å². The van der Waals surface area contributed by atoms with Crippen molar-refractivity contribution >= 4 is 22.8 Å². The summed E-state index contributed by atoms with van der Waals surface area (Å²) in [6.45, 7) is 8.03. The van der Waals surface area contributed by atoms with Crippen molar-refractivity contribution in [1.29, 1.82) is 0 Å². The average molecular weight is 462 g/mol. The molecule has 0 spiro atoms. The summed E-state index contributed by atoms with van der Waals surface area (Å²) in [5.41, 5.74) is -3.38. The lowest BCUT2D eigenvalue weighted by atomic mass is 9.83. The quantitative estimate of drug-likeness (QED) is 0.442. The van der Waals surface area contributed by atoms with Gasteiger partial charge in [-0.1, -0.05) is 34.6 Å². The molecule has 0 bridgehead atoms. The molecule has 0 atom stereocenters. The van der Waals surface area contributed by atoms with Gasteiger partial charge in [-0.05, 0) is 23.8 Å². The summed E-state index contributed by atoms with van der Waals surface area (Å²) in [6, 6.07) is 2.28. The van der Waals surface area contributed by atoms with Crippen molar-refractivity contribution in [3.05, 3.63) is 67.4 Å². The molecule has 2 heterocycles. The number of nitro groups is 1. The Morgan fingerprint density at radius 1 is 1.27 bits per heavy atom. The van der Waals surface area contributed by atoms with Crippen molar-refractivity contribution in [2.45, 2.75) is 53.0 Å². The molecule has 0 aliphatic carbocycles. The number of imidazole rings is 1. The highest BCUT2D eigenvalue weighted by atomic mass is 19.1. The number of benzene rings is 1. The molecule has 2 aromatic heterocycles. The summed E-state index contributed by atoms with van der Waals surface area (Å²) < 4.78 is 32.7. The number of nitrogens with zero attached hydrogens (tertiary/aromatic N) is 4. The minimum atomic E-state index is -1.58. The molecule has 33 heavy (non-hydrogen) atoms. The van der Waals surface area contributed by atoms with Gasteiger partial charge in [-0.25, -0.2) is 23.1 Å². The van der Waals surface area contributed by atoms with Crippen molar-refractivity contribution in [1.82, 2.24) is 14.1 Å². The fraction of sp³-hybridized carbons (Fsp3) is 0.409. The fourth-order valence-corrected chi connectivity index (χ4v) is 3.85. The monoisotopic (exact) mass is 462 g/mol. The third kappa shape index (κ3) is 4.22. The zero-order valence-electron chi connectivity index (χ0n) is 18.8. The highest BCUT2D eigenvalue weighted by Gasteiger charge is 2.33. The van der Waals surface area contributed by atoms with Crippen LogP contribution < -0.4 is 5.56 Å². The SMILES string of the molecule is CC(C)Cc1c(F)c(C(C)(C)C)c(F)c2c1nc(Cn1cccc([N+](=O)[O-])c1=O)n2C(=O)O. The van der Waals surface area contributed by atoms with Gasteiger partial charge >= 0.3 is 17.3 Å². The van der Waals surface area contributed by atoms with Crippen LogP contribution in [0.25, 0.3) is 11.0 Å². The Kier molecular flexibility index (Phi) is 6.10. The molecule has 11 heteroatoms. The van der Waals surface area contributed by atoms with Crippen LogP contribution in [0.2, 0.25) is 0 Å². The molecule has 1 aromatic carbocycles. The standard InChI is InChI=1S/C22H24F2N4O5/c1-11(2)9-12-16(23)15(22(3,4)5)17(24)19-18(12)25-14(27(19)21(30)31)10-26-8-6-7-13(20(26)29)28(32)33/h6-8,11H,9-10H2,1-5H3,(H,30,31). The Morgan fingerprint density at radius 2 is 1.91 bits per heavy atom. The van der Waals surface area contributed by atoms with E-state index in [9.17, 15) is 24.8 Å². The molecule has 1 N–H and O–H groups in total. The maximum atomic E-state index is 15.6. The van der Waals surface area contributed by atoms with E-state index in [2.05, 4.69) is 4.98 Å². The van der Waals surface area contributed by atoms with E-state index in [0.717, 1.165) is 10.6 Å². The van der Waals surface area contributed by atoms with Crippen LogP contribution in [0.3, 0.4) is 0 Å². The Hall–Kier alpha value is -3.63. The zero-order chi connectivity index (χ0) is 24.8. The van der Waals surface area contributed by atoms with Gasteiger partial charge in [0.1, 0.15) is 17.2 Å². The molecule has 3 aromatic rings. The zero-order valence-corrected chi connectivity index (χ0v) is 18.8. The molecule has 176 valence electrons. The predicted octanol–water partition coefficient (Wildman–Crippen LogP) is 4.45. The Balaban J connectivity index is 2.40. The first kappa shape index (κ1) is 24.0. The van der Waals surface area contributed by atoms with Gasteiger partial charge in [-0.3, -0.25) is 14.9 Å². The van der Waals surface area contributed by atoms with Crippen LogP contribution >= 0.6 is 0 Å². The van der Waals surface area contributed by atoms with Gasteiger partial charge in [-0.2, -0.15) is 0 Å². The number of aromatic nitrogens is 3. The Bertz CT molecular complexity index is 1340. The third-order valence-electron chi connectivity index (χ3n) is 5.21. The van der Waals surface area contributed by atoms with E-state index < -0.39 is 51.4 Å². The van der Waals surface area contributed by atoms with Crippen LogP contribution in [-0.4, -0.2) is 30.2 Å². The van der Waals surface area contributed by atoms with Gasteiger partial charge in [0.25, 0.3) is 0 Å². The van der Waals surface area contributed by atoms with Crippen LogP contribution in [0.4, 0.5) is 19.3 Å². The second kappa shape index (κ2) is 8.38. The molecule has 3 rings (SSSR count). The van der Waals surface area contributed by atoms with E-state index in [4.69, 9.17) is 0 Å². The second-order valence-electron chi connectivity index (χ2n) is 9.26. The number of hydrogen-bond acceptors (Lipinski definition) is 5. The van der Waals surface area contributed by atoms with Gasteiger partial charge in [0.05, 0.1) is 17.0 Å². The molecule has 0 aliphatic rings. The lowest BCUT2D eigenvalue weighted by Gasteiger charge is -2.23. The third-order valence-corrected chi connectivity index (χ3v) is 5.21. The number of carbonyl (C=O) groups is 1. The number of pyridine rings is 1. The average Bonchev–Trinajstić information content (AvgIpc) is 3.05. The first-order valence-corrected chi connectivity index (χ1v) is 10.2. The van der Waals surface area contributed by atoms with Gasteiger partial charge in [0, 0.05) is 23.4 Å². The maximum Gasteiger partial charge on any atom is 0.417 e. The molecule has 9 nitrogen and oxygen atoms in total. The minimum Gasteiger partial charge on any atom is -0.464 e. The van der Waals surface area contributed by atoms with Crippen LogP contribution in [0.1, 0.15) is 51.6 Å². The summed E-state index contributed by atoms with van der Waals surface area (Å²) >= 11 is 0. The minimum absolute atomic E-state index is 0.0428.